The molecular formula is C10H9Br2F3S. The van der Waals surface area contributed by atoms with E-state index < -0.39 is 5.51 Å². The Kier molecular flexibility index (Phi) is 5.67. The third kappa shape index (κ3) is 5.10. The molecule has 0 aliphatic rings. The van der Waals surface area contributed by atoms with E-state index in [1.165, 1.54) is 12.1 Å². The van der Waals surface area contributed by atoms with Gasteiger partial charge in [-0.2, -0.15) is 13.2 Å². The second-order valence-electron chi connectivity index (χ2n) is 3.09. The minimum Gasteiger partial charge on any atom is -0.160 e. The van der Waals surface area contributed by atoms with Crippen LogP contribution in [0.15, 0.2) is 27.6 Å². The van der Waals surface area contributed by atoms with Crippen LogP contribution < -0.4 is 0 Å². The summed E-state index contributed by atoms with van der Waals surface area (Å²) in [6.07, 6.45) is 1.81. The maximum absolute atomic E-state index is 12.1. The molecule has 0 amide bonds. The lowest BCUT2D eigenvalue weighted by molar-refractivity contribution is -0.0328. The minimum atomic E-state index is -4.23. The molecule has 0 unspecified atom stereocenters. The van der Waals surface area contributed by atoms with Crippen LogP contribution in [0.1, 0.15) is 12.0 Å². The van der Waals surface area contributed by atoms with Crippen molar-refractivity contribution in [3.63, 3.8) is 0 Å². The molecule has 1 rings (SSSR count). The first-order chi connectivity index (χ1) is 7.42. The molecule has 0 atom stereocenters. The minimum absolute atomic E-state index is 0.0918. The van der Waals surface area contributed by atoms with Crippen molar-refractivity contribution in [2.45, 2.75) is 23.2 Å². The summed E-state index contributed by atoms with van der Waals surface area (Å²) in [5.74, 6) is 0. The molecular weight excluding hydrogens is 369 g/mol. The molecule has 0 aliphatic heterocycles. The number of hydrogen-bond donors (Lipinski definition) is 0. The Morgan fingerprint density at radius 2 is 1.94 bits per heavy atom. The second kappa shape index (κ2) is 6.31. The highest BCUT2D eigenvalue weighted by Crippen LogP contribution is 2.38. The highest BCUT2D eigenvalue weighted by Gasteiger charge is 2.29. The van der Waals surface area contributed by atoms with Gasteiger partial charge in [0.1, 0.15) is 0 Å². The van der Waals surface area contributed by atoms with Crippen LogP contribution in [0, 0.1) is 0 Å². The van der Waals surface area contributed by atoms with Gasteiger partial charge in [-0.1, -0.05) is 37.9 Å². The molecule has 0 spiro atoms. The van der Waals surface area contributed by atoms with E-state index in [4.69, 9.17) is 0 Å². The maximum atomic E-state index is 12.1. The number of thioether (sulfide) groups is 1. The van der Waals surface area contributed by atoms with Crippen molar-refractivity contribution in [1.82, 2.24) is 0 Å². The van der Waals surface area contributed by atoms with E-state index >= 15 is 0 Å². The smallest absolute Gasteiger partial charge is 0.160 e. The maximum Gasteiger partial charge on any atom is 0.446 e. The molecule has 1 aromatic rings. The first-order valence-corrected chi connectivity index (χ1v) is 7.25. The third-order valence-corrected chi connectivity index (χ3v) is 3.86. The van der Waals surface area contributed by atoms with E-state index in [1.807, 2.05) is 0 Å². The first kappa shape index (κ1) is 14.4. The summed E-state index contributed by atoms with van der Waals surface area (Å²) in [7, 11) is 0. The number of hydrogen-bond acceptors (Lipinski definition) is 1. The van der Waals surface area contributed by atoms with Crippen molar-refractivity contribution in [3.05, 3.63) is 28.2 Å². The fourth-order valence-corrected chi connectivity index (χ4v) is 2.77. The van der Waals surface area contributed by atoms with Gasteiger partial charge in [-0.3, -0.25) is 0 Å². The fraction of sp³-hybridized carbons (Fsp3) is 0.400. The van der Waals surface area contributed by atoms with Crippen LogP contribution in [-0.2, 0) is 6.42 Å². The normalized spacial score (nSPS) is 11.8. The van der Waals surface area contributed by atoms with Crippen molar-refractivity contribution in [1.29, 1.82) is 0 Å². The Bertz CT molecular complexity index is 352. The molecule has 0 fully saturated rings. The summed E-state index contributed by atoms with van der Waals surface area (Å²) < 4.78 is 37.1. The van der Waals surface area contributed by atoms with Crippen LogP contribution in [0.2, 0.25) is 0 Å². The Morgan fingerprint density at radius 3 is 2.44 bits per heavy atom. The molecule has 0 aliphatic carbocycles. The Morgan fingerprint density at radius 1 is 1.25 bits per heavy atom. The molecule has 90 valence electrons. The molecule has 0 radical (unpaired) electrons. The zero-order valence-electron chi connectivity index (χ0n) is 8.15. The molecule has 0 nitrogen and oxygen atoms in total. The van der Waals surface area contributed by atoms with Crippen molar-refractivity contribution in [3.8, 4) is 0 Å². The first-order valence-electron chi connectivity index (χ1n) is 4.52. The molecule has 0 saturated heterocycles. The largest absolute Gasteiger partial charge is 0.446 e. The van der Waals surface area contributed by atoms with E-state index in [1.54, 1.807) is 6.07 Å². The highest BCUT2D eigenvalue weighted by atomic mass is 79.9. The van der Waals surface area contributed by atoms with Crippen LogP contribution in [0.5, 0.6) is 0 Å². The van der Waals surface area contributed by atoms with E-state index in [9.17, 15) is 13.2 Å². The Balaban J connectivity index is 2.74. The van der Waals surface area contributed by atoms with Crippen molar-refractivity contribution < 1.29 is 13.2 Å². The number of alkyl halides is 4. The topological polar surface area (TPSA) is 0 Å². The third-order valence-electron chi connectivity index (χ3n) is 1.84. The number of benzene rings is 1. The zero-order valence-corrected chi connectivity index (χ0v) is 12.1. The summed E-state index contributed by atoms with van der Waals surface area (Å²) in [5, 5.41) is 0.887. The van der Waals surface area contributed by atoms with Gasteiger partial charge in [0, 0.05) is 14.7 Å². The SMILES string of the molecule is FC(F)(F)Sc1ccc(CCCBr)c(Br)c1. The zero-order chi connectivity index (χ0) is 12.2. The van der Waals surface area contributed by atoms with Gasteiger partial charge in [0.15, 0.2) is 0 Å². The summed E-state index contributed by atoms with van der Waals surface area (Å²) in [4.78, 5) is 0.210. The van der Waals surface area contributed by atoms with Gasteiger partial charge in [-0.05, 0) is 42.3 Å². The number of rotatable bonds is 4. The summed E-state index contributed by atoms with van der Waals surface area (Å²) in [5.41, 5.74) is -3.19. The average molecular weight is 378 g/mol. The van der Waals surface area contributed by atoms with Gasteiger partial charge >= 0.3 is 5.51 Å². The average Bonchev–Trinajstić information content (AvgIpc) is 2.14. The van der Waals surface area contributed by atoms with E-state index in [-0.39, 0.29) is 16.7 Å². The summed E-state index contributed by atoms with van der Waals surface area (Å²) >= 11 is 6.51. The summed E-state index contributed by atoms with van der Waals surface area (Å²) in [6, 6.07) is 4.76. The number of halogens is 5. The van der Waals surface area contributed by atoms with Crippen molar-refractivity contribution >= 4 is 43.6 Å². The van der Waals surface area contributed by atoms with Gasteiger partial charge in [-0.25, -0.2) is 0 Å². The lowest BCUT2D eigenvalue weighted by atomic mass is 10.1. The monoisotopic (exact) mass is 376 g/mol. The van der Waals surface area contributed by atoms with E-state index in [0.29, 0.717) is 0 Å². The molecule has 16 heavy (non-hydrogen) atoms. The standard InChI is InChI=1S/C10H9Br2F3S/c11-5-1-2-7-3-4-8(6-9(7)12)16-10(13,14)15/h3-4,6H,1-2,5H2. The lowest BCUT2D eigenvalue weighted by Crippen LogP contribution is -1.99. The van der Waals surface area contributed by atoms with Crippen molar-refractivity contribution in [2.24, 2.45) is 0 Å². The van der Waals surface area contributed by atoms with Gasteiger partial charge in [0.25, 0.3) is 0 Å². The van der Waals surface area contributed by atoms with Gasteiger partial charge in [0.05, 0.1) is 0 Å². The van der Waals surface area contributed by atoms with Crippen LogP contribution in [0.4, 0.5) is 13.2 Å². The lowest BCUT2D eigenvalue weighted by Gasteiger charge is -2.08. The summed E-state index contributed by atoms with van der Waals surface area (Å²) in [6.45, 7) is 0. The number of aryl methyl sites for hydroxylation is 1. The van der Waals surface area contributed by atoms with Crippen LogP contribution in [-0.4, -0.2) is 10.8 Å². The van der Waals surface area contributed by atoms with Crippen LogP contribution in [0.25, 0.3) is 0 Å². The quantitative estimate of drug-likeness (QED) is 0.500. The van der Waals surface area contributed by atoms with E-state index in [0.717, 1.165) is 28.2 Å². The molecule has 0 N–H and O–H groups in total. The predicted octanol–water partition coefficient (Wildman–Crippen LogP) is 5.39. The molecule has 0 heterocycles. The van der Waals surface area contributed by atoms with Crippen LogP contribution in [0.3, 0.4) is 0 Å². The Hall–Kier alpha value is 0.320. The fourth-order valence-electron chi connectivity index (χ4n) is 1.19. The van der Waals surface area contributed by atoms with Gasteiger partial charge in [0.2, 0.25) is 0 Å². The molecule has 0 bridgehead atoms. The van der Waals surface area contributed by atoms with Crippen molar-refractivity contribution in [2.75, 3.05) is 5.33 Å². The predicted molar refractivity (Wildman–Crippen MR) is 68.2 cm³/mol. The molecule has 0 saturated carbocycles. The van der Waals surface area contributed by atoms with Gasteiger partial charge < -0.3 is 0 Å². The van der Waals surface area contributed by atoms with E-state index in [2.05, 4.69) is 31.9 Å². The highest BCUT2D eigenvalue weighted by molar-refractivity contribution is 9.10. The molecule has 0 aromatic heterocycles. The van der Waals surface area contributed by atoms with Crippen LogP contribution >= 0.6 is 43.6 Å². The Labute approximate surface area is 113 Å². The molecule has 6 heteroatoms. The van der Waals surface area contributed by atoms with Gasteiger partial charge in [-0.15, -0.1) is 0 Å². The second-order valence-corrected chi connectivity index (χ2v) is 5.88. The molecule has 1 aromatic carbocycles.